The standard InChI is InChI=1S/C24H23N5O/c1-16(30)29-15-19(21-4-2-3-5-23(21)29)14-28-11-10-22-18(13-28)12-26-24(27-22)17-6-8-20(25)9-7-17/h2-9,12,15H,10-11,13-14,25H2,1H3. The first-order valence-corrected chi connectivity index (χ1v) is 10.1. The van der Waals surface area contributed by atoms with Gasteiger partial charge >= 0.3 is 0 Å². The Balaban J connectivity index is 1.38. The summed E-state index contributed by atoms with van der Waals surface area (Å²) in [6, 6.07) is 15.7. The lowest BCUT2D eigenvalue weighted by Crippen LogP contribution is -2.31. The average Bonchev–Trinajstić information content (AvgIpc) is 3.13. The molecular formula is C24H23N5O. The van der Waals surface area contributed by atoms with Gasteiger partial charge in [-0.15, -0.1) is 0 Å². The van der Waals surface area contributed by atoms with Crippen molar-refractivity contribution in [2.45, 2.75) is 26.4 Å². The van der Waals surface area contributed by atoms with Crippen molar-refractivity contribution in [3.63, 3.8) is 0 Å². The maximum absolute atomic E-state index is 12.0. The van der Waals surface area contributed by atoms with E-state index in [2.05, 4.69) is 16.0 Å². The number of para-hydroxylation sites is 1. The van der Waals surface area contributed by atoms with Gasteiger partial charge in [0.15, 0.2) is 5.82 Å². The number of hydrogen-bond acceptors (Lipinski definition) is 5. The molecule has 1 aliphatic heterocycles. The molecule has 0 saturated heterocycles. The molecule has 0 saturated carbocycles. The summed E-state index contributed by atoms with van der Waals surface area (Å²) in [4.78, 5) is 23.8. The van der Waals surface area contributed by atoms with E-state index < -0.39 is 0 Å². The predicted molar refractivity (Wildman–Crippen MR) is 118 cm³/mol. The maximum Gasteiger partial charge on any atom is 0.227 e. The van der Waals surface area contributed by atoms with Crippen LogP contribution in [-0.4, -0.2) is 31.9 Å². The van der Waals surface area contributed by atoms with Crippen LogP contribution in [0.4, 0.5) is 5.69 Å². The number of fused-ring (bicyclic) bond motifs is 2. The fraction of sp³-hybridized carbons (Fsp3) is 0.208. The summed E-state index contributed by atoms with van der Waals surface area (Å²) in [5.74, 6) is 0.775. The highest BCUT2D eigenvalue weighted by Crippen LogP contribution is 2.26. The quantitative estimate of drug-likeness (QED) is 0.531. The molecule has 1 aliphatic rings. The monoisotopic (exact) mass is 397 g/mol. The van der Waals surface area contributed by atoms with E-state index in [-0.39, 0.29) is 5.91 Å². The van der Waals surface area contributed by atoms with Crippen LogP contribution in [0.5, 0.6) is 0 Å². The van der Waals surface area contributed by atoms with Gasteiger partial charge in [-0.2, -0.15) is 0 Å². The Morgan fingerprint density at radius 1 is 1.13 bits per heavy atom. The lowest BCUT2D eigenvalue weighted by Gasteiger charge is -2.27. The molecule has 2 aromatic heterocycles. The summed E-state index contributed by atoms with van der Waals surface area (Å²) < 4.78 is 1.74. The summed E-state index contributed by atoms with van der Waals surface area (Å²) in [6.07, 6.45) is 4.80. The lowest BCUT2D eigenvalue weighted by atomic mass is 10.1. The van der Waals surface area contributed by atoms with Gasteiger partial charge in [0.25, 0.3) is 0 Å². The Hall–Kier alpha value is -3.51. The van der Waals surface area contributed by atoms with Crippen molar-refractivity contribution in [3.05, 3.63) is 77.7 Å². The van der Waals surface area contributed by atoms with E-state index in [1.807, 2.05) is 54.9 Å². The third kappa shape index (κ3) is 3.35. The van der Waals surface area contributed by atoms with E-state index in [0.717, 1.165) is 65.3 Å². The van der Waals surface area contributed by atoms with Crippen LogP contribution in [0.3, 0.4) is 0 Å². The molecule has 0 radical (unpaired) electrons. The molecule has 0 fully saturated rings. The average molecular weight is 397 g/mol. The number of rotatable bonds is 3. The molecule has 3 heterocycles. The van der Waals surface area contributed by atoms with Crippen LogP contribution in [0, 0.1) is 0 Å². The van der Waals surface area contributed by atoms with Gasteiger partial charge in [-0.05, 0) is 35.9 Å². The van der Waals surface area contributed by atoms with Crippen molar-refractivity contribution in [3.8, 4) is 11.4 Å². The third-order valence-electron chi connectivity index (χ3n) is 5.71. The molecule has 0 amide bonds. The molecule has 4 aromatic rings. The van der Waals surface area contributed by atoms with Crippen molar-refractivity contribution in [1.29, 1.82) is 0 Å². The highest BCUT2D eigenvalue weighted by Gasteiger charge is 2.21. The minimum absolute atomic E-state index is 0.0324. The van der Waals surface area contributed by atoms with Crippen molar-refractivity contribution in [2.75, 3.05) is 12.3 Å². The Bertz CT molecular complexity index is 1240. The van der Waals surface area contributed by atoms with E-state index in [4.69, 9.17) is 10.7 Å². The van der Waals surface area contributed by atoms with Crippen molar-refractivity contribution < 1.29 is 4.79 Å². The molecule has 150 valence electrons. The van der Waals surface area contributed by atoms with E-state index in [0.29, 0.717) is 0 Å². The molecule has 0 atom stereocenters. The molecule has 6 nitrogen and oxygen atoms in total. The van der Waals surface area contributed by atoms with E-state index in [1.165, 1.54) is 5.56 Å². The summed E-state index contributed by atoms with van der Waals surface area (Å²) in [5, 5.41) is 1.13. The molecule has 6 heteroatoms. The highest BCUT2D eigenvalue weighted by atomic mass is 16.1. The molecule has 0 aliphatic carbocycles. The van der Waals surface area contributed by atoms with Gasteiger partial charge in [0.05, 0.1) is 11.2 Å². The van der Waals surface area contributed by atoms with Gasteiger partial charge in [-0.3, -0.25) is 14.3 Å². The van der Waals surface area contributed by atoms with Gasteiger partial charge in [-0.25, -0.2) is 9.97 Å². The number of carbonyl (C=O) groups excluding carboxylic acids is 1. The predicted octanol–water partition coefficient (Wildman–Crippen LogP) is 3.90. The van der Waals surface area contributed by atoms with Gasteiger partial charge in [0, 0.05) is 67.6 Å². The second kappa shape index (κ2) is 7.39. The Morgan fingerprint density at radius 3 is 2.73 bits per heavy atom. The van der Waals surface area contributed by atoms with Crippen LogP contribution in [0.1, 0.15) is 28.5 Å². The number of nitrogens with two attached hydrogens (primary N) is 1. The summed E-state index contributed by atoms with van der Waals surface area (Å²) >= 11 is 0. The zero-order valence-corrected chi connectivity index (χ0v) is 16.9. The van der Waals surface area contributed by atoms with Crippen molar-refractivity contribution in [2.24, 2.45) is 0 Å². The second-order valence-electron chi connectivity index (χ2n) is 7.81. The fourth-order valence-corrected chi connectivity index (χ4v) is 4.16. The summed E-state index contributed by atoms with van der Waals surface area (Å²) in [6.45, 7) is 4.12. The first-order chi connectivity index (χ1) is 14.6. The van der Waals surface area contributed by atoms with Crippen LogP contribution in [-0.2, 0) is 19.5 Å². The molecule has 2 N–H and O–H groups in total. The normalized spacial score (nSPS) is 14.0. The third-order valence-corrected chi connectivity index (χ3v) is 5.71. The molecule has 30 heavy (non-hydrogen) atoms. The van der Waals surface area contributed by atoms with Crippen molar-refractivity contribution in [1.82, 2.24) is 19.4 Å². The van der Waals surface area contributed by atoms with Gasteiger partial charge < -0.3 is 5.73 Å². The lowest BCUT2D eigenvalue weighted by molar-refractivity contribution is 0.0941. The molecule has 0 bridgehead atoms. The minimum Gasteiger partial charge on any atom is -0.399 e. The topological polar surface area (TPSA) is 77.0 Å². The van der Waals surface area contributed by atoms with Crippen molar-refractivity contribution >= 4 is 22.5 Å². The maximum atomic E-state index is 12.0. The molecule has 0 unspecified atom stereocenters. The Morgan fingerprint density at radius 2 is 1.93 bits per heavy atom. The molecule has 0 spiro atoms. The Kier molecular flexibility index (Phi) is 4.56. The fourth-order valence-electron chi connectivity index (χ4n) is 4.16. The minimum atomic E-state index is 0.0324. The number of anilines is 1. The van der Waals surface area contributed by atoms with Crippen LogP contribution in [0.2, 0.25) is 0 Å². The number of nitrogens with zero attached hydrogens (tertiary/aromatic N) is 4. The molecular weight excluding hydrogens is 374 g/mol. The van der Waals surface area contributed by atoms with Crippen LogP contribution >= 0.6 is 0 Å². The first-order valence-electron chi connectivity index (χ1n) is 10.1. The van der Waals surface area contributed by atoms with Gasteiger partial charge in [0.2, 0.25) is 5.91 Å². The largest absolute Gasteiger partial charge is 0.399 e. The van der Waals surface area contributed by atoms with E-state index >= 15 is 0 Å². The SMILES string of the molecule is CC(=O)n1cc(CN2CCc3nc(-c4ccc(N)cc4)ncc3C2)c2ccccc21. The highest BCUT2D eigenvalue weighted by molar-refractivity contribution is 5.93. The number of hydrogen-bond donors (Lipinski definition) is 1. The smallest absolute Gasteiger partial charge is 0.227 e. The molecule has 2 aromatic carbocycles. The van der Waals surface area contributed by atoms with Gasteiger partial charge in [0.1, 0.15) is 0 Å². The molecule has 5 rings (SSSR count). The number of carbonyl (C=O) groups is 1. The van der Waals surface area contributed by atoms with E-state index in [9.17, 15) is 4.79 Å². The number of nitrogen functional groups attached to an aromatic ring is 1. The van der Waals surface area contributed by atoms with Gasteiger partial charge in [-0.1, -0.05) is 18.2 Å². The van der Waals surface area contributed by atoms with Crippen LogP contribution < -0.4 is 5.73 Å². The zero-order valence-electron chi connectivity index (χ0n) is 16.9. The Labute approximate surface area is 175 Å². The van der Waals surface area contributed by atoms with E-state index in [1.54, 1.807) is 11.5 Å². The summed E-state index contributed by atoms with van der Waals surface area (Å²) in [5.41, 5.74) is 11.9. The zero-order chi connectivity index (χ0) is 20.7. The van der Waals surface area contributed by atoms with Crippen LogP contribution in [0.15, 0.2) is 60.9 Å². The summed E-state index contributed by atoms with van der Waals surface area (Å²) in [7, 11) is 0. The second-order valence-corrected chi connectivity index (χ2v) is 7.81. The van der Waals surface area contributed by atoms with Crippen LogP contribution in [0.25, 0.3) is 22.3 Å². The number of benzene rings is 2. The first kappa shape index (κ1) is 18.5. The number of aromatic nitrogens is 3.